The number of fused-ring (bicyclic) bond motifs is 5. The van der Waals surface area contributed by atoms with Gasteiger partial charge in [-0.15, -0.1) is 0 Å². The normalized spacial score (nSPS) is 9.65. The van der Waals surface area contributed by atoms with Crippen LogP contribution in [0.5, 0.6) is 0 Å². The predicted octanol–water partition coefficient (Wildman–Crippen LogP) is 5.23. The van der Waals surface area contributed by atoms with Gasteiger partial charge in [-0.2, -0.15) is 21.0 Å². The molecular formula is C30H16N4. The van der Waals surface area contributed by atoms with Crippen molar-refractivity contribution in [2.45, 2.75) is 0 Å². The maximum Gasteiger partial charge on any atom is 0.136 e. The van der Waals surface area contributed by atoms with Crippen molar-refractivity contribution in [2.24, 2.45) is 0 Å². The summed E-state index contributed by atoms with van der Waals surface area (Å²) in [6.07, 6.45) is 0. The van der Waals surface area contributed by atoms with Crippen molar-refractivity contribution in [1.82, 2.24) is 0 Å². The minimum absolute atomic E-state index is 0.00187. The van der Waals surface area contributed by atoms with E-state index in [-0.39, 0.29) is 11.1 Å². The number of benzene rings is 5. The zero-order valence-corrected chi connectivity index (χ0v) is 18.0. The van der Waals surface area contributed by atoms with Crippen LogP contribution < -0.4 is 10.4 Å². The highest BCUT2D eigenvalue weighted by molar-refractivity contribution is 6.17. The molecule has 5 aromatic rings. The van der Waals surface area contributed by atoms with Crippen LogP contribution in [0.25, 0.3) is 43.5 Å². The molecule has 0 aliphatic rings. The lowest BCUT2D eigenvalue weighted by atomic mass is 9.97. The molecule has 5 aromatic carbocycles. The Morgan fingerprint density at radius 1 is 0.382 bits per heavy atom. The van der Waals surface area contributed by atoms with E-state index in [1.807, 2.05) is 0 Å². The van der Waals surface area contributed by atoms with E-state index >= 15 is 0 Å². The zero-order chi connectivity index (χ0) is 23.9. The topological polar surface area (TPSA) is 95.2 Å². The molecule has 0 N–H and O–H groups in total. The van der Waals surface area contributed by atoms with Crippen LogP contribution in [0, 0.1) is 45.3 Å². The van der Waals surface area contributed by atoms with E-state index in [0.29, 0.717) is 10.4 Å². The van der Waals surface area contributed by atoms with Gasteiger partial charge in [0.25, 0.3) is 0 Å². The van der Waals surface area contributed by atoms with Crippen LogP contribution in [-0.4, -0.2) is 0 Å². The first kappa shape index (κ1) is 21.8. The van der Waals surface area contributed by atoms with Crippen LogP contribution in [0.15, 0.2) is 97.1 Å². The van der Waals surface area contributed by atoms with Gasteiger partial charge in [-0.25, -0.2) is 0 Å². The number of nitriles is 4. The first-order valence-corrected chi connectivity index (χ1v) is 10.4. The van der Waals surface area contributed by atoms with Gasteiger partial charge in [-0.3, -0.25) is 0 Å². The third-order valence-electron chi connectivity index (χ3n) is 5.56. The van der Waals surface area contributed by atoms with Crippen molar-refractivity contribution in [3.63, 3.8) is 0 Å². The van der Waals surface area contributed by atoms with Gasteiger partial charge in [0.05, 0.1) is 0 Å². The van der Waals surface area contributed by atoms with E-state index < -0.39 is 0 Å². The fraction of sp³-hybridized carbons (Fsp3) is 0. The third-order valence-corrected chi connectivity index (χ3v) is 5.56. The predicted molar refractivity (Wildman–Crippen MR) is 134 cm³/mol. The van der Waals surface area contributed by atoms with Gasteiger partial charge in [-0.05, 0) is 32.3 Å². The average Bonchev–Trinajstić information content (AvgIpc) is 2.91. The van der Waals surface area contributed by atoms with E-state index in [1.165, 1.54) is 56.6 Å². The van der Waals surface area contributed by atoms with Crippen LogP contribution in [0.2, 0.25) is 0 Å². The summed E-state index contributed by atoms with van der Waals surface area (Å²) in [5.74, 6) is 0. The molecule has 0 atom stereocenters. The largest absolute Gasteiger partial charge is 0.192 e. The summed E-state index contributed by atoms with van der Waals surface area (Å²) in [7, 11) is 0. The molecule has 0 radical (unpaired) electrons. The molecule has 0 aliphatic carbocycles. The van der Waals surface area contributed by atoms with Crippen LogP contribution >= 0.6 is 0 Å². The average molecular weight is 432 g/mol. The number of hydrogen-bond acceptors (Lipinski definition) is 4. The quantitative estimate of drug-likeness (QED) is 0.313. The highest BCUT2D eigenvalue weighted by Gasteiger charge is 2.03. The molecule has 0 saturated heterocycles. The van der Waals surface area contributed by atoms with E-state index in [9.17, 15) is 0 Å². The lowest BCUT2D eigenvalue weighted by Gasteiger charge is -2.07. The monoisotopic (exact) mass is 432 g/mol. The Hall–Kier alpha value is -5.42. The van der Waals surface area contributed by atoms with E-state index in [4.69, 9.17) is 21.0 Å². The Balaban J connectivity index is 0.000000163. The standard InChI is InChI=1S/C18H12.C12H4N4/c1-3-7-15-13(5-1)9-11-18-16-8-4-2-6-14(16)10-12-17(15)18;13-5-11(6-14)9-1-2-10(4-3-9)12(7-15)8-16/h1-12H;1-4H. The van der Waals surface area contributed by atoms with Crippen molar-refractivity contribution in [3.8, 4) is 24.3 Å². The Bertz CT molecular complexity index is 1660. The summed E-state index contributed by atoms with van der Waals surface area (Å²) in [5, 5.41) is 43.4. The van der Waals surface area contributed by atoms with Crippen molar-refractivity contribution < 1.29 is 0 Å². The van der Waals surface area contributed by atoms with Crippen LogP contribution in [0.3, 0.4) is 0 Å². The molecule has 0 amide bonds. The molecule has 5 rings (SSSR count). The number of rotatable bonds is 0. The summed E-state index contributed by atoms with van der Waals surface area (Å²) < 4.78 is 0. The summed E-state index contributed by atoms with van der Waals surface area (Å²) in [6.45, 7) is 0. The third kappa shape index (κ3) is 4.17. The van der Waals surface area contributed by atoms with Gasteiger partial charge < -0.3 is 0 Å². The van der Waals surface area contributed by atoms with Gasteiger partial charge in [0.15, 0.2) is 0 Å². The Morgan fingerprint density at radius 2 is 0.735 bits per heavy atom. The maximum atomic E-state index is 8.63. The minimum Gasteiger partial charge on any atom is -0.192 e. The zero-order valence-electron chi connectivity index (χ0n) is 18.0. The second kappa shape index (κ2) is 9.80. The van der Waals surface area contributed by atoms with Crippen molar-refractivity contribution in [2.75, 3.05) is 0 Å². The van der Waals surface area contributed by atoms with Crippen LogP contribution in [0.1, 0.15) is 0 Å². The SMILES string of the molecule is N#CC(C#N)=c1ccc(=C(C#N)C#N)cc1.c1ccc2c(c1)ccc1c3ccccc3ccc21. The van der Waals surface area contributed by atoms with Crippen molar-refractivity contribution >= 4 is 43.5 Å². The van der Waals surface area contributed by atoms with Gasteiger partial charge in [0, 0.05) is 10.4 Å². The molecule has 0 aromatic heterocycles. The van der Waals surface area contributed by atoms with E-state index in [2.05, 4.69) is 72.8 Å². The Morgan fingerprint density at radius 3 is 1.09 bits per heavy atom. The molecule has 0 fully saturated rings. The smallest absolute Gasteiger partial charge is 0.136 e. The lowest BCUT2D eigenvalue weighted by molar-refractivity contribution is 1.46. The van der Waals surface area contributed by atoms with Crippen molar-refractivity contribution in [1.29, 1.82) is 21.0 Å². The fourth-order valence-electron chi connectivity index (χ4n) is 3.88. The molecule has 0 unspecified atom stereocenters. The number of nitrogens with zero attached hydrogens (tertiary/aromatic N) is 4. The van der Waals surface area contributed by atoms with Crippen molar-refractivity contribution in [3.05, 3.63) is 107 Å². The molecule has 156 valence electrons. The van der Waals surface area contributed by atoms with E-state index in [1.54, 1.807) is 24.3 Å². The molecule has 0 aliphatic heterocycles. The molecule has 0 spiro atoms. The molecule has 34 heavy (non-hydrogen) atoms. The fourth-order valence-corrected chi connectivity index (χ4v) is 3.88. The highest BCUT2D eigenvalue weighted by atomic mass is 14.3. The minimum atomic E-state index is 0.00187. The van der Waals surface area contributed by atoms with E-state index in [0.717, 1.165) is 0 Å². The summed E-state index contributed by atoms with van der Waals surface area (Å²) in [6, 6.07) is 39.2. The first-order chi connectivity index (χ1) is 16.7. The summed E-state index contributed by atoms with van der Waals surface area (Å²) in [5.41, 5.74) is 0.00373. The second-order valence-corrected chi connectivity index (χ2v) is 7.44. The maximum absolute atomic E-state index is 8.63. The lowest BCUT2D eigenvalue weighted by Crippen LogP contribution is -2.11. The van der Waals surface area contributed by atoms with Gasteiger partial charge in [0.1, 0.15) is 35.4 Å². The molecule has 0 bridgehead atoms. The molecular weight excluding hydrogens is 416 g/mol. The Kier molecular flexibility index (Phi) is 6.29. The molecule has 0 saturated carbocycles. The van der Waals surface area contributed by atoms with Crippen LogP contribution in [-0.2, 0) is 0 Å². The van der Waals surface area contributed by atoms with Gasteiger partial charge in [-0.1, -0.05) is 97.1 Å². The molecule has 4 heteroatoms. The number of hydrogen-bond donors (Lipinski definition) is 0. The van der Waals surface area contributed by atoms with Crippen LogP contribution in [0.4, 0.5) is 0 Å². The van der Waals surface area contributed by atoms with Gasteiger partial charge >= 0.3 is 0 Å². The summed E-state index contributed by atoms with van der Waals surface area (Å²) >= 11 is 0. The molecule has 4 nitrogen and oxygen atoms in total. The highest BCUT2D eigenvalue weighted by Crippen LogP contribution is 2.30. The second-order valence-electron chi connectivity index (χ2n) is 7.44. The first-order valence-electron chi connectivity index (χ1n) is 10.4. The summed E-state index contributed by atoms with van der Waals surface area (Å²) in [4.78, 5) is 0. The molecule has 0 heterocycles. The Labute approximate surface area is 196 Å². The van der Waals surface area contributed by atoms with Gasteiger partial charge in [0.2, 0.25) is 0 Å².